The second-order valence-corrected chi connectivity index (χ2v) is 4.67. The van der Waals surface area contributed by atoms with E-state index in [1.807, 2.05) is 0 Å². The van der Waals surface area contributed by atoms with Crippen LogP contribution in [-0.2, 0) is 14.3 Å². The van der Waals surface area contributed by atoms with Crippen LogP contribution in [0, 0.1) is 11.8 Å². The van der Waals surface area contributed by atoms with Crippen LogP contribution in [0.2, 0.25) is 0 Å². The summed E-state index contributed by atoms with van der Waals surface area (Å²) in [5, 5.41) is 0. The van der Waals surface area contributed by atoms with Gasteiger partial charge in [-0.25, -0.2) is 4.79 Å². The zero-order valence-corrected chi connectivity index (χ0v) is 9.61. The molecule has 2 rings (SSSR count). The number of carbonyl (C=O) groups is 2. The van der Waals surface area contributed by atoms with Gasteiger partial charge in [-0.05, 0) is 19.3 Å². The fourth-order valence-corrected chi connectivity index (χ4v) is 3.01. The lowest BCUT2D eigenvalue weighted by Crippen LogP contribution is -2.42. The molecule has 3 atom stereocenters. The van der Waals surface area contributed by atoms with Gasteiger partial charge < -0.3 is 9.47 Å². The molecule has 0 spiro atoms. The van der Waals surface area contributed by atoms with Crippen molar-refractivity contribution in [3.05, 3.63) is 0 Å². The maximum absolute atomic E-state index is 11.8. The maximum Gasteiger partial charge on any atom is 0.508 e. The van der Waals surface area contributed by atoms with E-state index < -0.39 is 6.16 Å². The quantitative estimate of drug-likeness (QED) is 0.644. The number of Topliss-reactive ketones (excluding diaryl/α,β-unsaturated/α-hetero) is 1. The van der Waals surface area contributed by atoms with Crippen LogP contribution in [0.25, 0.3) is 0 Å². The zero-order chi connectivity index (χ0) is 11.5. The van der Waals surface area contributed by atoms with Crippen LogP contribution in [0.1, 0.15) is 38.5 Å². The number of ketones is 1. The SMILES string of the molecule is COC(=O)O[C@H]1CCC(=O)[C@H]2CCCC[C@H]12. The lowest BCUT2D eigenvalue weighted by molar-refractivity contribution is -0.134. The first kappa shape index (κ1) is 11.4. The van der Waals surface area contributed by atoms with Crippen LogP contribution in [0.5, 0.6) is 0 Å². The molecule has 2 saturated carbocycles. The van der Waals surface area contributed by atoms with Crippen molar-refractivity contribution in [2.24, 2.45) is 11.8 Å². The predicted octanol–water partition coefficient (Wildman–Crippen LogP) is 2.31. The Morgan fingerprint density at radius 1 is 1.25 bits per heavy atom. The fourth-order valence-electron chi connectivity index (χ4n) is 3.01. The molecule has 0 aromatic heterocycles. The van der Waals surface area contributed by atoms with Gasteiger partial charge in [-0.3, -0.25) is 4.79 Å². The van der Waals surface area contributed by atoms with Crippen molar-refractivity contribution in [2.75, 3.05) is 7.11 Å². The summed E-state index contributed by atoms with van der Waals surface area (Å²) in [5.41, 5.74) is 0. The summed E-state index contributed by atoms with van der Waals surface area (Å²) in [5.74, 6) is 0.709. The highest BCUT2D eigenvalue weighted by atomic mass is 16.7. The van der Waals surface area contributed by atoms with Gasteiger partial charge in [0.25, 0.3) is 0 Å². The number of ether oxygens (including phenoxy) is 2. The first-order chi connectivity index (χ1) is 7.72. The summed E-state index contributed by atoms with van der Waals surface area (Å²) < 4.78 is 9.76. The van der Waals surface area contributed by atoms with Crippen molar-refractivity contribution in [3.8, 4) is 0 Å². The third-order valence-electron chi connectivity index (χ3n) is 3.80. The molecule has 0 aliphatic heterocycles. The summed E-state index contributed by atoms with van der Waals surface area (Å²) in [4.78, 5) is 22.9. The molecule has 0 aromatic carbocycles. The van der Waals surface area contributed by atoms with Crippen LogP contribution >= 0.6 is 0 Å². The number of methoxy groups -OCH3 is 1. The predicted molar refractivity (Wildman–Crippen MR) is 57.0 cm³/mol. The second kappa shape index (κ2) is 4.85. The van der Waals surface area contributed by atoms with Crippen molar-refractivity contribution in [1.29, 1.82) is 0 Å². The molecule has 0 saturated heterocycles. The highest BCUT2D eigenvalue weighted by molar-refractivity contribution is 5.82. The van der Waals surface area contributed by atoms with Crippen LogP contribution < -0.4 is 0 Å². The topological polar surface area (TPSA) is 52.6 Å². The highest BCUT2D eigenvalue weighted by Gasteiger charge is 2.41. The van der Waals surface area contributed by atoms with Gasteiger partial charge in [-0.2, -0.15) is 0 Å². The summed E-state index contributed by atoms with van der Waals surface area (Å²) in [7, 11) is 1.31. The van der Waals surface area contributed by atoms with Crippen molar-refractivity contribution in [1.82, 2.24) is 0 Å². The van der Waals surface area contributed by atoms with Gasteiger partial charge in [-0.1, -0.05) is 12.8 Å². The largest absolute Gasteiger partial charge is 0.508 e. The molecule has 0 aromatic rings. The smallest absolute Gasteiger partial charge is 0.438 e. The first-order valence-corrected chi connectivity index (χ1v) is 5.99. The maximum atomic E-state index is 11.8. The van der Waals surface area contributed by atoms with Crippen LogP contribution in [0.15, 0.2) is 0 Å². The molecule has 16 heavy (non-hydrogen) atoms. The Hall–Kier alpha value is -1.06. The Morgan fingerprint density at radius 3 is 2.75 bits per heavy atom. The summed E-state index contributed by atoms with van der Waals surface area (Å²) in [6, 6.07) is 0. The fraction of sp³-hybridized carbons (Fsp3) is 0.833. The van der Waals surface area contributed by atoms with E-state index >= 15 is 0 Å². The van der Waals surface area contributed by atoms with Crippen molar-refractivity contribution in [2.45, 2.75) is 44.6 Å². The molecule has 0 heterocycles. The number of carbonyl (C=O) groups excluding carboxylic acids is 2. The molecule has 4 nitrogen and oxygen atoms in total. The van der Waals surface area contributed by atoms with Gasteiger partial charge in [0.15, 0.2) is 0 Å². The number of fused-ring (bicyclic) bond motifs is 1. The standard InChI is InChI=1S/C12H18O4/c1-15-12(14)16-11-7-6-10(13)8-4-2-3-5-9(8)11/h8-9,11H,2-7H2,1H3/t8-,9-,11-/m0/s1. The van der Waals surface area contributed by atoms with Gasteiger partial charge in [0.1, 0.15) is 11.9 Å². The molecule has 2 aliphatic carbocycles. The van der Waals surface area contributed by atoms with E-state index in [1.165, 1.54) is 7.11 Å². The molecule has 0 unspecified atom stereocenters. The minimum absolute atomic E-state index is 0.115. The average molecular weight is 226 g/mol. The van der Waals surface area contributed by atoms with E-state index in [2.05, 4.69) is 4.74 Å². The molecule has 90 valence electrons. The van der Waals surface area contributed by atoms with Crippen LogP contribution in [0.3, 0.4) is 0 Å². The average Bonchev–Trinajstić information content (AvgIpc) is 2.33. The number of hydrogen-bond acceptors (Lipinski definition) is 4. The van der Waals surface area contributed by atoms with Gasteiger partial charge in [0.05, 0.1) is 7.11 Å². The Labute approximate surface area is 95.3 Å². The highest BCUT2D eigenvalue weighted by Crippen LogP contribution is 2.40. The number of hydrogen-bond donors (Lipinski definition) is 0. The molecule has 4 heteroatoms. The minimum atomic E-state index is -0.622. The first-order valence-electron chi connectivity index (χ1n) is 5.99. The van der Waals surface area contributed by atoms with Crippen LogP contribution in [-0.4, -0.2) is 25.2 Å². The molecule has 0 bridgehead atoms. The molecule has 0 amide bonds. The van der Waals surface area contributed by atoms with Crippen LogP contribution in [0.4, 0.5) is 4.79 Å². The summed E-state index contributed by atoms with van der Waals surface area (Å²) in [6.07, 6.45) is 4.69. The normalized spacial score (nSPS) is 34.1. The van der Waals surface area contributed by atoms with E-state index in [0.717, 1.165) is 25.7 Å². The zero-order valence-electron chi connectivity index (χ0n) is 9.61. The Balaban J connectivity index is 2.02. The summed E-state index contributed by atoms with van der Waals surface area (Å²) in [6.45, 7) is 0. The van der Waals surface area contributed by atoms with Gasteiger partial charge >= 0.3 is 6.16 Å². The molecular weight excluding hydrogens is 208 g/mol. The molecule has 2 aliphatic rings. The molecule has 0 N–H and O–H groups in total. The second-order valence-electron chi connectivity index (χ2n) is 4.67. The van der Waals surface area contributed by atoms with E-state index in [0.29, 0.717) is 18.6 Å². The Bertz CT molecular complexity index is 287. The Morgan fingerprint density at radius 2 is 2.00 bits per heavy atom. The van der Waals surface area contributed by atoms with Crippen molar-refractivity contribution >= 4 is 11.9 Å². The van der Waals surface area contributed by atoms with E-state index in [1.54, 1.807) is 0 Å². The number of rotatable bonds is 1. The van der Waals surface area contributed by atoms with Gasteiger partial charge in [0.2, 0.25) is 0 Å². The lowest BCUT2D eigenvalue weighted by atomic mass is 9.69. The monoisotopic (exact) mass is 226 g/mol. The van der Waals surface area contributed by atoms with Gasteiger partial charge in [-0.15, -0.1) is 0 Å². The summed E-state index contributed by atoms with van der Waals surface area (Å²) >= 11 is 0. The molecular formula is C12H18O4. The lowest BCUT2D eigenvalue weighted by Gasteiger charge is -2.39. The third kappa shape index (κ3) is 2.20. The molecule has 0 radical (unpaired) electrons. The van der Waals surface area contributed by atoms with Crippen molar-refractivity contribution in [3.63, 3.8) is 0 Å². The van der Waals surface area contributed by atoms with Gasteiger partial charge in [0, 0.05) is 18.3 Å². The third-order valence-corrected chi connectivity index (χ3v) is 3.80. The minimum Gasteiger partial charge on any atom is -0.438 e. The van der Waals surface area contributed by atoms with E-state index in [9.17, 15) is 9.59 Å². The van der Waals surface area contributed by atoms with Crippen molar-refractivity contribution < 1.29 is 19.1 Å². The van der Waals surface area contributed by atoms with E-state index in [-0.39, 0.29) is 17.9 Å². The Kier molecular flexibility index (Phi) is 3.46. The van der Waals surface area contributed by atoms with E-state index in [4.69, 9.17) is 4.74 Å². The molecule has 2 fully saturated rings.